The van der Waals surface area contributed by atoms with Gasteiger partial charge in [-0.3, -0.25) is 0 Å². The Morgan fingerprint density at radius 3 is 2.00 bits per heavy atom. The maximum absolute atomic E-state index is 7.06. The van der Waals surface area contributed by atoms with Crippen molar-refractivity contribution in [1.82, 2.24) is 0 Å². The molecule has 11 rings (SSSR count). The van der Waals surface area contributed by atoms with Crippen molar-refractivity contribution >= 4 is 60.5 Å². The zero-order chi connectivity index (χ0) is 36.7. The molecule has 10 aromatic rings. The third kappa shape index (κ3) is 4.81. The average Bonchev–Trinajstić information content (AvgIpc) is 3.72. The third-order valence-corrected chi connectivity index (χ3v) is 11.8. The summed E-state index contributed by atoms with van der Waals surface area (Å²) in [4.78, 5) is 2.46. The molecule has 0 amide bonds. The van der Waals surface area contributed by atoms with Crippen molar-refractivity contribution in [2.75, 3.05) is 4.90 Å². The number of fused-ring (bicyclic) bond motifs is 8. The maximum Gasteiger partial charge on any atom is 0.143 e. The van der Waals surface area contributed by atoms with Gasteiger partial charge in [0.25, 0.3) is 0 Å². The second-order valence-electron chi connectivity index (χ2n) is 15.3. The van der Waals surface area contributed by atoms with Crippen LogP contribution < -0.4 is 4.90 Å². The smallest absolute Gasteiger partial charge is 0.143 e. The molecular weight excluding hydrogens is 667 g/mol. The summed E-state index contributed by atoms with van der Waals surface area (Å²) in [7, 11) is 0. The zero-order valence-corrected chi connectivity index (χ0v) is 30.8. The van der Waals surface area contributed by atoms with Gasteiger partial charge in [0.1, 0.15) is 11.2 Å². The van der Waals surface area contributed by atoms with Gasteiger partial charge in [0, 0.05) is 27.6 Å². The summed E-state index contributed by atoms with van der Waals surface area (Å²) in [5.74, 6) is 0. The lowest BCUT2D eigenvalue weighted by Crippen LogP contribution is -2.17. The van der Waals surface area contributed by atoms with E-state index in [1.165, 1.54) is 54.9 Å². The summed E-state index contributed by atoms with van der Waals surface area (Å²) < 4.78 is 7.06. The third-order valence-electron chi connectivity index (χ3n) is 11.8. The predicted octanol–water partition coefficient (Wildman–Crippen LogP) is 15.0. The average molecular weight is 704 g/mol. The lowest BCUT2D eigenvalue weighted by atomic mass is 9.82. The molecule has 2 heteroatoms. The van der Waals surface area contributed by atoms with E-state index in [0.29, 0.717) is 0 Å². The van der Waals surface area contributed by atoms with Crippen LogP contribution in [-0.4, -0.2) is 0 Å². The van der Waals surface area contributed by atoms with E-state index in [4.69, 9.17) is 4.42 Å². The Morgan fingerprint density at radius 2 is 1.13 bits per heavy atom. The van der Waals surface area contributed by atoms with Gasteiger partial charge in [-0.25, -0.2) is 0 Å². The van der Waals surface area contributed by atoms with Crippen LogP contribution in [-0.2, 0) is 5.41 Å². The highest BCUT2D eigenvalue weighted by Crippen LogP contribution is 2.53. The van der Waals surface area contributed by atoms with Crippen LogP contribution in [0.15, 0.2) is 192 Å². The summed E-state index contributed by atoms with van der Waals surface area (Å²) >= 11 is 0. The quantitative estimate of drug-likeness (QED) is 0.177. The van der Waals surface area contributed by atoms with E-state index < -0.39 is 0 Å². The Hall–Kier alpha value is -6.90. The second-order valence-corrected chi connectivity index (χ2v) is 15.3. The molecule has 0 bridgehead atoms. The molecule has 1 aliphatic rings. The first-order chi connectivity index (χ1) is 27.0. The highest BCUT2D eigenvalue weighted by atomic mass is 16.3. The van der Waals surface area contributed by atoms with Crippen molar-refractivity contribution in [2.24, 2.45) is 0 Å². The Bertz CT molecular complexity index is 3130. The highest BCUT2D eigenvalue weighted by Gasteiger charge is 2.36. The number of hydrogen-bond donors (Lipinski definition) is 0. The normalized spacial score (nSPS) is 13.1. The van der Waals surface area contributed by atoms with Gasteiger partial charge < -0.3 is 9.32 Å². The molecule has 55 heavy (non-hydrogen) atoms. The maximum atomic E-state index is 7.06. The van der Waals surface area contributed by atoms with Gasteiger partial charge in [0.15, 0.2) is 0 Å². The molecule has 0 atom stereocenters. The van der Waals surface area contributed by atoms with Crippen LogP contribution in [0, 0.1) is 0 Å². The largest absolute Gasteiger partial charge is 0.455 e. The van der Waals surface area contributed by atoms with Crippen molar-refractivity contribution in [1.29, 1.82) is 0 Å². The molecule has 0 saturated heterocycles. The lowest BCUT2D eigenvalue weighted by molar-refractivity contribution is 0.660. The molecule has 0 aliphatic heterocycles. The van der Waals surface area contributed by atoms with Crippen LogP contribution >= 0.6 is 0 Å². The molecule has 0 radical (unpaired) electrons. The molecule has 0 fully saturated rings. The van der Waals surface area contributed by atoms with Gasteiger partial charge in [-0.05, 0) is 97.4 Å². The second kappa shape index (κ2) is 12.1. The number of benzene rings is 9. The first-order valence-electron chi connectivity index (χ1n) is 19.1. The van der Waals surface area contributed by atoms with E-state index in [-0.39, 0.29) is 5.41 Å². The number of nitrogens with zero attached hydrogens (tertiary/aromatic N) is 1. The first kappa shape index (κ1) is 31.6. The fourth-order valence-electron chi connectivity index (χ4n) is 9.19. The molecule has 260 valence electrons. The van der Waals surface area contributed by atoms with E-state index in [1.807, 2.05) is 0 Å². The van der Waals surface area contributed by atoms with Crippen LogP contribution in [0.3, 0.4) is 0 Å². The van der Waals surface area contributed by atoms with Crippen LogP contribution in [0.5, 0.6) is 0 Å². The summed E-state index contributed by atoms with van der Waals surface area (Å²) in [6.07, 6.45) is 0. The van der Waals surface area contributed by atoms with Gasteiger partial charge in [-0.2, -0.15) is 0 Å². The molecule has 0 unspecified atom stereocenters. The minimum absolute atomic E-state index is 0.144. The summed E-state index contributed by atoms with van der Waals surface area (Å²) in [5, 5.41) is 6.99. The Balaban J connectivity index is 1.22. The molecule has 2 nitrogen and oxygen atoms in total. The molecule has 0 spiro atoms. The number of furan rings is 1. The fourth-order valence-corrected chi connectivity index (χ4v) is 9.19. The van der Waals surface area contributed by atoms with Crippen molar-refractivity contribution < 1.29 is 4.42 Å². The summed E-state index contributed by atoms with van der Waals surface area (Å²) in [5.41, 5.74) is 14.9. The molecular formula is C53H37NO. The zero-order valence-electron chi connectivity index (χ0n) is 30.8. The van der Waals surface area contributed by atoms with Crippen LogP contribution in [0.1, 0.15) is 25.0 Å². The van der Waals surface area contributed by atoms with Crippen LogP contribution in [0.25, 0.3) is 76.9 Å². The number of rotatable bonds is 5. The summed E-state index contributed by atoms with van der Waals surface area (Å²) in [6, 6.07) is 68.3. The SMILES string of the molecule is CC1(C)c2ccccc2-c2ccc(N(c3ccccc3-c3ccccc3)c3cccc4oc5c(-c6ccc7ccccc7c6)c6ccccc6cc5c34)cc21. The standard InChI is InChI=1S/C53H37NO/c1-53(2)45-23-12-10-22-42(45)43-30-29-39(33-46(43)53)54(47-24-13-11-20-40(47)35-16-4-3-5-17-35)48-25-14-26-49-51(48)44-32-37-19-8-9-21-41(37)50(52(44)55-49)38-28-27-34-15-6-7-18-36(34)31-38/h3-33H,1-2H3. The number of hydrogen-bond acceptors (Lipinski definition) is 2. The van der Waals surface area contributed by atoms with E-state index >= 15 is 0 Å². The van der Waals surface area contributed by atoms with E-state index in [2.05, 4.69) is 207 Å². The minimum Gasteiger partial charge on any atom is -0.455 e. The van der Waals surface area contributed by atoms with E-state index in [0.717, 1.165) is 50.1 Å². The molecule has 0 N–H and O–H groups in total. The minimum atomic E-state index is -0.144. The monoisotopic (exact) mass is 703 g/mol. The highest BCUT2D eigenvalue weighted by molar-refractivity contribution is 6.22. The lowest BCUT2D eigenvalue weighted by Gasteiger charge is -2.30. The summed E-state index contributed by atoms with van der Waals surface area (Å²) in [6.45, 7) is 4.71. The topological polar surface area (TPSA) is 16.4 Å². The Morgan fingerprint density at radius 1 is 0.436 bits per heavy atom. The first-order valence-corrected chi connectivity index (χ1v) is 19.1. The Kier molecular flexibility index (Phi) is 6.93. The van der Waals surface area contributed by atoms with E-state index in [1.54, 1.807) is 0 Å². The van der Waals surface area contributed by atoms with Crippen LogP contribution in [0.2, 0.25) is 0 Å². The molecule has 0 saturated carbocycles. The van der Waals surface area contributed by atoms with Gasteiger partial charge in [0.05, 0.1) is 16.8 Å². The number of para-hydroxylation sites is 1. The van der Waals surface area contributed by atoms with Crippen molar-refractivity contribution in [3.8, 4) is 33.4 Å². The van der Waals surface area contributed by atoms with Gasteiger partial charge in [-0.15, -0.1) is 0 Å². The van der Waals surface area contributed by atoms with Crippen molar-refractivity contribution in [2.45, 2.75) is 19.3 Å². The number of anilines is 3. The fraction of sp³-hybridized carbons (Fsp3) is 0.0566. The van der Waals surface area contributed by atoms with Crippen LogP contribution in [0.4, 0.5) is 17.1 Å². The molecule has 1 heterocycles. The molecule has 1 aliphatic carbocycles. The van der Waals surface area contributed by atoms with Gasteiger partial charge >= 0.3 is 0 Å². The van der Waals surface area contributed by atoms with Gasteiger partial charge in [-0.1, -0.05) is 159 Å². The van der Waals surface area contributed by atoms with E-state index in [9.17, 15) is 0 Å². The van der Waals surface area contributed by atoms with Gasteiger partial charge in [0.2, 0.25) is 0 Å². The van der Waals surface area contributed by atoms with Crippen molar-refractivity contribution in [3.05, 3.63) is 199 Å². The van der Waals surface area contributed by atoms with Crippen molar-refractivity contribution in [3.63, 3.8) is 0 Å². The molecule has 1 aromatic heterocycles. The Labute approximate surface area is 320 Å². The molecule has 9 aromatic carbocycles. The predicted molar refractivity (Wildman–Crippen MR) is 232 cm³/mol.